The SMILES string of the molecule is CCN1CCN(CCNC(=NC)NCCC(C)c2cccc(C(F)(F)F)c2)CC1. The molecule has 1 heterocycles. The van der Waals surface area contributed by atoms with E-state index in [1.165, 1.54) is 12.1 Å². The third-order valence-electron chi connectivity index (χ3n) is 5.51. The molecule has 1 unspecified atom stereocenters. The Morgan fingerprint density at radius 3 is 2.38 bits per heavy atom. The number of alkyl halides is 3. The number of hydrogen-bond donors (Lipinski definition) is 2. The molecule has 0 saturated carbocycles. The molecule has 1 aromatic rings. The first-order valence-corrected chi connectivity index (χ1v) is 10.4. The highest BCUT2D eigenvalue weighted by Crippen LogP contribution is 2.31. The molecule has 1 atom stereocenters. The van der Waals surface area contributed by atoms with Crippen LogP contribution in [-0.4, -0.2) is 75.2 Å². The van der Waals surface area contributed by atoms with E-state index in [1.54, 1.807) is 13.1 Å². The summed E-state index contributed by atoms with van der Waals surface area (Å²) in [6.45, 7) is 12.1. The van der Waals surface area contributed by atoms with Crippen LogP contribution in [0.5, 0.6) is 0 Å². The maximum Gasteiger partial charge on any atom is 0.416 e. The molecule has 0 spiro atoms. The van der Waals surface area contributed by atoms with Crippen molar-refractivity contribution in [3.8, 4) is 0 Å². The molecule has 0 bridgehead atoms. The maximum atomic E-state index is 12.9. The van der Waals surface area contributed by atoms with E-state index in [9.17, 15) is 13.2 Å². The molecule has 1 aromatic carbocycles. The number of aliphatic imine (C=N–C) groups is 1. The quantitative estimate of drug-likeness (QED) is 0.508. The predicted molar refractivity (Wildman–Crippen MR) is 112 cm³/mol. The van der Waals surface area contributed by atoms with Gasteiger partial charge in [0.15, 0.2) is 5.96 Å². The second-order valence-corrected chi connectivity index (χ2v) is 7.51. The molecule has 0 aliphatic carbocycles. The number of rotatable bonds is 8. The molecule has 0 radical (unpaired) electrons. The van der Waals surface area contributed by atoms with Crippen molar-refractivity contribution >= 4 is 5.96 Å². The normalized spacial score (nSPS) is 17.9. The van der Waals surface area contributed by atoms with E-state index >= 15 is 0 Å². The van der Waals surface area contributed by atoms with E-state index < -0.39 is 11.7 Å². The molecule has 1 aliphatic heterocycles. The highest BCUT2D eigenvalue weighted by Gasteiger charge is 2.30. The van der Waals surface area contributed by atoms with Crippen LogP contribution in [-0.2, 0) is 6.18 Å². The number of nitrogens with one attached hydrogen (secondary N) is 2. The molecule has 1 aliphatic rings. The second-order valence-electron chi connectivity index (χ2n) is 7.51. The van der Waals surface area contributed by atoms with Gasteiger partial charge in [0.2, 0.25) is 0 Å². The number of piperazine rings is 1. The van der Waals surface area contributed by atoms with Crippen molar-refractivity contribution < 1.29 is 13.2 Å². The predicted octanol–water partition coefficient (Wildman–Crippen LogP) is 3.00. The van der Waals surface area contributed by atoms with Crippen molar-refractivity contribution in [3.63, 3.8) is 0 Å². The number of likely N-dealkylation sites (N-methyl/N-ethyl adjacent to an activating group) is 1. The fourth-order valence-electron chi connectivity index (χ4n) is 3.48. The minimum Gasteiger partial charge on any atom is -0.356 e. The molecule has 164 valence electrons. The van der Waals surface area contributed by atoms with E-state index in [0.29, 0.717) is 12.1 Å². The zero-order valence-electron chi connectivity index (χ0n) is 17.7. The molecule has 2 N–H and O–H groups in total. The fraction of sp³-hybridized carbons (Fsp3) is 0.667. The van der Waals surface area contributed by atoms with Gasteiger partial charge in [-0.25, -0.2) is 0 Å². The Balaban J connectivity index is 1.69. The van der Waals surface area contributed by atoms with Gasteiger partial charge in [-0.2, -0.15) is 13.2 Å². The van der Waals surface area contributed by atoms with Gasteiger partial charge in [0.25, 0.3) is 0 Å². The summed E-state index contributed by atoms with van der Waals surface area (Å²) in [4.78, 5) is 9.13. The summed E-state index contributed by atoms with van der Waals surface area (Å²) in [6.07, 6.45) is -3.58. The number of benzene rings is 1. The average molecular weight is 414 g/mol. The summed E-state index contributed by atoms with van der Waals surface area (Å²) in [5.74, 6) is 0.756. The standard InChI is InChI=1S/C21H34F3N5/c1-4-28-12-14-29(15-13-28)11-10-27-20(25-3)26-9-8-17(2)18-6-5-7-19(16-18)21(22,23)24/h5-7,16-17H,4,8-15H2,1-3H3,(H2,25,26,27). The molecule has 8 heteroatoms. The topological polar surface area (TPSA) is 42.9 Å². The number of halogens is 3. The van der Waals surface area contributed by atoms with E-state index in [2.05, 4.69) is 32.3 Å². The molecule has 0 aromatic heterocycles. The zero-order chi connectivity index (χ0) is 21.3. The number of guanidine groups is 1. The number of nitrogens with zero attached hydrogens (tertiary/aromatic N) is 3. The van der Waals surface area contributed by atoms with Crippen LogP contribution < -0.4 is 10.6 Å². The summed E-state index contributed by atoms with van der Waals surface area (Å²) in [6, 6.07) is 5.59. The first kappa shape index (κ1) is 23.5. The van der Waals surface area contributed by atoms with Gasteiger partial charge >= 0.3 is 6.18 Å². The Morgan fingerprint density at radius 1 is 1.10 bits per heavy atom. The average Bonchev–Trinajstić information content (AvgIpc) is 2.72. The van der Waals surface area contributed by atoms with Crippen LogP contribution in [0.1, 0.15) is 37.3 Å². The van der Waals surface area contributed by atoms with Crippen LogP contribution in [0.4, 0.5) is 13.2 Å². The largest absolute Gasteiger partial charge is 0.416 e. The lowest BCUT2D eigenvalue weighted by atomic mass is 9.96. The Morgan fingerprint density at radius 2 is 1.76 bits per heavy atom. The number of hydrogen-bond acceptors (Lipinski definition) is 3. The van der Waals surface area contributed by atoms with Crippen molar-refractivity contribution in [2.45, 2.75) is 32.4 Å². The van der Waals surface area contributed by atoms with Gasteiger partial charge in [0.05, 0.1) is 5.56 Å². The van der Waals surface area contributed by atoms with Crippen LogP contribution in [0.15, 0.2) is 29.3 Å². The van der Waals surface area contributed by atoms with Gasteiger partial charge < -0.3 is 15.5 Å². The Hall–Kier alpha value is -1.80. The van der Waals surface area contributed by atoms with Gasteiger partial charge in [-0.3, -0.25) is 9.89 Å². The minimum atomic E-state index is -4.30. The first-order chi connectivity index (χ1) is 13.8. The molecule has 1 saturated heterocycles. The Labute approximate surface area is 172 Å². The monoisotopic (exact) mass is 413 g/mol. The highest BCUT2D eigenvalue weighted by atomic mass is 19.4. The van der Waals surface area contributed by atoms with Crippen molar-refractivity contribution in [2.75, 3.05) is 59.4 Å². The van der Waals surface area contributed by atoms with Crippen molar-refractivity contribution in [1.29, 1.82) is 0 Å². The van der Waals surface area contributed by atoms with Crippen LogP contribution in [0.3, 0.4) is 0 Å². The summed E-state index contributed by atoms with van der Waals surface area (Å²) in [5.41, 5.74) is 0.114. The fourth-order valence-corrected chi connectivity index (χ4v) is 3.48. The molecule has 1 fully saturated rings. The van der Waals surface area contributed by atoms with E-state index in [0.717, 1.165) is 64.3 Å². The third-order valence-corrected chi connectivity index (χ3v) is 5.51. The summed E-state index contributed by atoms with van der Waals surface area (Å²) >= 11 is 0. The molecule has 5 nitrogen and oxygen atoms in total. The zero-order valence-corrected chi connectivity index (χ0v) is 17.7. The van der Waals surface area contributed by atoms with E-state index in [1.807, 2.05) is 6.92 Å². The maximum absolute atomic E-state index is 12.9. The van der Waals surface area contributed by atoms with Crippen molar-refractivity contribution in [2.24, 2.45) is 4.99 Å². The van der Waals surface area contributed by atoms with Gasteiger partial charge in [0.1, 0.15) is 0 Å². The van der Waals surface area contributed by atoms with Gasteiger partial charge in [0, 0.05) is 52.9 Å². The van der Waals surface area contributed by atoms with E-state index in [-0.39, 0.29) is 5.92 Å². The summed E-state index contributed by atoms with van der Waals surface area (Å²) < 4.78 is 38.6. The lowest BCUT2D eigenvalue weighted by Crippen LogP contribution is -2.49. The van der Waals surface area contributed by atoms with Crippen molar-refractivity contribution in [3.05, 3.63) is 35.4 Å². The van der Waals surface area contributed by atoms with Crippen LogP contribution >= 0.6 is 0 Å². The molecule has 0 amide bonds. The summed E-state index contributed by atoms with van der Waals surface area (Å²) in [5, 5.41) is 6.58. The lowest BCUT2D eigenvalue weighted by Gasteiger charge is -2.34. The minimum absolute atomic E-state index is 0.0257. The Bertz CT molecular complexity index is 639. The van der Waals surface area contributed by atoms with Crippen LogP contribution in [0, 0.1) is 0 Å². The Kier molecular flexibility index (Phi) is 9.23. The first-order valence-electron chi connectivity index (χ1n) is 10.4. The smallest absolute Gasteiger partial charge is 0.356 e. The van der Waals surface area contributed by atoms with Crippen LogP contribution in [0.25, 0.3) is 0 Å². The molecular weight excluding hydrogens is 379 g/mol. The second kappa shape index (κ2) is 11.4. The van der Waals surface area contributed by atoms with Crippen LogP contribution in [0.2, 0.25) is 0 Å². The molecule has 2 rings (SSSR count). The molecule has 29 heavy (non-hydrogen) atoms. The molecular formula is C21H34F3N5. The van der Waals surface area contributed by atoms with Gasteiger partial charge in [-0.05, 0) is 30.5 Å². The lowest BCUT2D eigenvalue weighted by molar-refractivity contribution is -0.137. The third kappa shape index (κ3) is 7.85. The van der Waals surface area contributed by atoms with Gasteiger partial charge in [-0.15, -0.1) is 0 Å². The van der Waals surface area contributed by atoms with Crippen molar-refractivity contribution in [1.82, 2.24) is 20.4 Å². The highest BCUT2D eigenvalue weighted by molar-refractivity contribution is 5.79. The van der Waals surface area contributed by atoms with E-state index in [4.69, 9.17) is 0 Å². The summed E-state index contributed by atoms with van der Waals surface area (Å²) in [7, 11) is 1.73. The van der Waals surface area contributed by atoms with Gasteiger partial charge in [-0.1, -0.05) is 32.0 Å².